The van der Waals surface area contributed by atoms with Crippen molar-refractivity contribution in [3.63, 3.8) is 0 Å². The molecule has 0 unspecified atom stereocenters. The first kappa shape index (κ1) is 20.7. The second-order valence-corrected chi connectivity index (χ2v) is 6.75. The number of rotatable bonds is 9. The van der Waals surface area contributed by atoms with Crippen molar-refractivity contribution in [2.24, 2.45) is 0 Å². The van der Waals surface area contributed by atoms with Crippen LogP contribution in [0.2, 0.25) is 0 Å². The zero-order valence-corrected chi connectivity index (χ0v) is 17.0. The molecular weight excluding hydrogens is 368 g/mol. The Bertz CT molecular complexity index is 1180. The first-order chi connectivity index (χ1) is 14.4. The van der Waals surface area contributed by atoms with E-state index in [1.54, 1.807) is 12.2 Å². The van der Waals surface area contributed by atoms with Crippen molar-refractivity contribution >= 4 is 34.3 Å². The number of hydrogen-bond acceptors (Lipinski definition) is 2. The van der Waals surface area contributed by atoms with Crippen molar-refractivity contribution in [3.8, 4) is 0 Å². The molecule has 0 fully saturated rings. The first-order valence-electron chi connectivity index (χ1n) is 9.43. The van der Waals surface area contributed by atoms with Crippen LogP contribution in [0.4, 0.5) is 0 Å². The molecule has 2 heteroatoms. The standard InChI is InChI=1S/C28H24O2/c1-7-23-17-27(29-25(23)8-2)21(5)15-13-19(3)20(4)14-16-22(6)28-18-24-11-9-10-12-26(24)30-28/h7-18H,1-6H2/b15-13-,16-14-. The predicted octanol–water partition coefficient (Wildman–Crippen LogP) is 8.26. The van der Waals surface area contributed by atoms with Gasteiger partial charge in [-0.1, -0.05) is 88.1 Å². The molecule has 2 aromatic heterocycles. The molecule has 0 aliphatic rings. The Labute approximate surface area is 177 Å². The summed E-state index contributed by atoms with van der Waals surface area (Å²) in [5.41, 5.74) is 4.71. The van der Waals surface area contributed by atoms with Gasteiger partial charge in [0.1, 0.15) is 22.9 Å². The van der Waals surface area contributed by atoms with E-state index in [2.05, 4.69) is 39.5 Å². The largest absolute Gasteiger partial charge is 0.456 e. The van der Waals surface area contributed by atoms with E-state index in [-0.39, 0.29) is 0 Å². The number of furan rings is 2. The van der Waals surface area contributed by atoms with Crippen molar-refractivity contribution in [3.05, 3.63) is 134 Å². The van der Waals surface area contributed by atoms with Crippen molar-refractivity contribution in [1.82, 2.24) is 0 Å². The van der Waals surface area contributed by atoms with E-state index < -0.39 is 0 Å². The van der Waals surface area contributed by atoms with Gasteiger partial charge < -0.3 is 8.83 Å². The van der Waals surface area contributed by atoms with Crippen molar-refractivity contribution in [2.45, 2.75) is 0 Å². The lowest BCUT2D eigenvalue weighted by Crippen LogP contribution is -1.81. The maximum Gasteiger partial charge on any atom is 0.134 e. The SMILES string of the molecule is C=Cc1cc(C(=C)/C=C\C(=C)C(=C)/C=C\C(=C)c2cc3ccccc3o2)oc1C=C. The molecule has 1 aromatic carbocycles. The Balaban J connectivity index is 1.64. The van der Waals surface area contributed by atoms with Crippen molar-refractivity contribution in [1.29, 1.82) is 0 Å². The van der Waals surface area contributed by atoms with E-state index in [0.29, 0.717) is 11.5 Å². The van der Waals surface area contributed by atoms with E-state index in [1.807, 2.05) is 60.7 Å². The summed E-state index contributed by atoms with van der Waals surface area (Å²) < 4.78 is 11.6. The maximum atomic E-state index is 5.83. The van der Waals surface area contributed by atoms with Crippen LogP contribution in [0.1, 0.15) is 22.8 Å². The second-order valence-electron chi connectivity index (χ2n) is 6.75. The van der Waals surface area contributed by atoms with Crippen LogP contribution < -0.4 is 0 Å². The molecule has 3 rings (SSSR count). The van der Waals surface area contributed by atoms with Crippen LogP contribution in [0.15, 0.2) is 120 Å². The highest BCUT2D eigenvalue weighted by molar-refractivity contribution is 5.83. The second kappa shape index (κ2) is 8.97. The van der Waals surface area contributed by atoms with Crippen LogP contribution in [0.5, 0.6) is 0 Å². The third kappa shape index (κ3) is 4.50. The number of benzene rings is 1. The summed E-state index contributed by atoms with van der Waals surface area (Å²) in [6, 6.07) is 11.7. The number of para-hydroxylation sites is 1. The van der Waals surface area contributed by atoms with Gasteiger partial charge in [0, 0.05) is 22.1 Å². The third-order valence-corrected chi connectivity index (χ3v) is 4.64. The quantitative estimate of drug-likeness (QED) is 0.343. The van der Waals surface area contributed by atoms with E-state index >= 15 is 0 Å². The van der Waals surface area contributed by atoms with Crippen LogP contribution in [0.25, 0.3) is 34.3 Å². The lowest BCUT2D eigenvalue weighted by Gasteiger charge is -2.01. The minimum atomic E-state index is 0.656. The molecule has 2 nitrogen and oxygen atoms in total. The Morgan fingerprint density at radius 3 is 1.83 bits per heavy atom. The maximum absolute atomic E-state index is 5.83. The summed E-state index contributed by atoms with van der Waals surface area (Å²) in [5, 5.41) is 1.05. The summed E-state index contributed by atoms with van der Waals surface area (Å²) in [4.78, 5) is 0. The van der Waals surface area contributed by atoms with Gasteiger partial charge in [0.15, 0.2) is 0 Å². The van der Waals surface area contributed by atoms with E-state index in [1.165, 1.54) is 0 Å². The summed E-state index contributed by atoms with van der Waals surface area (Å²) in [5.74, 6) is 2.05. The topological polar surface area (TPSA) is 26.3 Å². The molecule has 0 atom stereocenters. The minimum Gasteiger partial charge on any atom is -0.456 e. The van der Waals surface area contributed by atoms with Gasteiger partial charge >= 0.3 is 0 Å². The number of fused-ring (bicyclic) bond motifs is 1. The van der Waals surface area contributed by atoms with Gasteiger partial charge in [-0.3, -0.25) is 0 Å². The fourth-order valence-electron chi connectivity index (χ4n) is 2.82. The molecule has 0 saturated carbocycles. The third-order valence-electron chi connectivity index (χ3n) is 4.64. The molecule has 0 aliphatic carbocycles. The van der Waals surface area contributed by atoms with Gasteiger partial charge in [-0.25, -0.2) is 0 Å². The van der Waals surface area contributed by atoms with E-state index in [0.717, 1.165) is 44.6 Å². The van der Waals surface area contributed by atoms with Gasteiger partial charge in [-0.2, -0.15) is 0 Å². The Hall–Kier alpha value is -4.04. The lowest BCUT2D eigenvalue weighted by molar-refractivity contribution is 0.544. The van der Waals surface area contributed by atoms with Crippen LogP contribution in [0, 0.1) is 0 Å². The Kier molecular flexibility index (Phi) is 6.19. The molecule has 0 bridgehead atoms. The molecule has 0 N–H and O–H groups in total. The molecule has 0 saturated heterocycles. The highest BCUT2D eigenvalue weighted by Gasteiger charge is 2.08. The first-order valence-corrected chi connectivity index (χ1v) is 9.43. The fourth-order valence-corrected chi connectivity index (χ4v) is 2.82. The van der Waals surface area contributed by atoms with Crippen molar-refractivity contribution < 1.29 is 8.83 Å². The zero-order valence-electron chi connectivity index (χ0n) is 17.0. The molecule has 2 heterocycles. The highest BCUT2D eigenvalue weighted by atomic mass is 16.3. The highest BCUT2D eigenvalue weighted by Crippen LogP contribution is 2.26. The molecule has 0 aliphatic heterocycles. The molecule has 0 spiro atoms. The smallest absolute Gasteiger partial charge is 0.134 e. The van der Waals surface area contributed by atoms with Gasteiger partial charge in [0.2, 0.25) is 0 Å². The Morgan fingerprint density at radius 2 is 1.30 bits per heavy atom. The van der Waals surface area contributed by atoms with Crippen LogP contribution >= 0.6 is 0 Å². The molecule has 0 radical (unpaired) electrons. The normalized spacial score (nSPS) is 11.2. The number of hydrogen-bond donors (Lipinski definition) is 0. The molecule has 0 amide bonds. The van der Waals surface area contributed by atoms with Crippen LogP contribution in [-0.2, 0) is 0 Å². The minimum absolute atomic E-state index is 0.656. The van der Waals surface area contributed by atoms with Crippen molar-refractivity contribution in [2.75, 3.05) is 0 Å². The average molecular weight is 392 g/mol. The summed E-state index contributed by atoms with van der Waals surface area (Å²) >= 11 is 0. The van der Waals surface area contributed by atoms with Gasteiger partial charge in [0.05, 0.1) is 0 Å². The molecule has 3 aromatic rings. The summed E-state index contributed by atoms with van der Waals surface area (Å²) in [6.07, 6.45) is 10.8. The van der Waals surface area contributed by atoms with Gasteiger partial charge in [-0.15, -0.1) is 0 Å². The average Bonchev–Trinajstić information content (AvgIpc) is 3.39. The van der Waals surface area contributed by atoms with Crippen LogP contribution in [0.3, 0.4) is 0 Å². The number of allylic oxidation sites excluding steroid dienone is 8. The molecule has 148 valence electrons. The van der Waals surface area contributed by atoms with Gasteiger partial charge in [-0.05, 0) is 35.4 Å². The van der Waals surface area contributed by atoms with Crippen LogP contribution in [-0.4, -0.2) is 0 Å². The summed E-state index contributed by atoms with van der Waals surface area (Å²) in [6.45, 7) is 23.8. The van der Waals surface area contributed by atoms with E-state index in [4.69, 9.17) is 8.83 Å². The molecule has 30 heavy (non-hydrogen) atoms. The fraction of sp³-hybridized carbons (Fsp3) is 0. The predicted molar refractivity (Wildman–Crippen MR) is 130 cm³/mol. The molecular formula is C28H24O2. The summed E-state index contributed by atoms with van der Waals surface area (Å²) in [7, 11) is 0. The Morgan fingerprint density at radius 1 is 0.700 bits per heavy atom. The monoisotopic (exact) mass is 392 g/mol. The van der Waals surface area contributed by atoms with E-state index in [9.17, 15) is 0 Å². The lowest BCUT2D eigenvalue weighted by atomic mass is 10.1. The zero-order chi connectivity index (χ0) is 21.7. The van der Waals surface area contributed by atoms with Gasteiger partial charge in [0.25, 0.3) is 0 Å².